The first-order valence-corrected chi connectivity index (χ1v) is 11.0. The Bertz CT molecular complexity index is 989. The second-order valence-electron chi connectivity index (χ2n) is 8.16. The number of aryl methyl sites for hydroxylation is 1. The van der Waals surface area contributed by atoms with Gasteiger partial charge in [-0.3, -0.25) is 4.57 Å². The summed E-state index contributed by atoms with van der Waals surface area (Å²) < 4.78 is 30.7. The van der Waals surface area contributed by atoms with Crippen LogP contribution in [0.25, 0.3) is 11.1 Å². The van der Waals surface area contributed by atoms with E-state index in [0.717, 1.165) is 22.5 Å². The zero-order valence-electron chi connectivity index (χ0n) is 16.5. The van der Waals surface area contributed by atoms with E-state index in [-0.39, 0.29) is 10.9 Å². The van der Waals surface area contributed by atoms with Crippen LogP contribution >= 0.6 is 7.60 Å². The van der Waals surface area contributed by atoms with Crippen molar-refractivity contribution in [2.45, 2.75) is 27.2 Å². The van der Waals surface area contributed by atoms with Crippen molar-refractivity contribution in [3.8, 4) is 11.1 Å². The van der Waals surface area contributed by atoms with Gasteiger partial charge in [0.05, 0.1) is 13.2 Å². The molecule has 5 heteroatoms. The summed E-state index contributed by atoms with van der Waals surface area (Å²) >= 11 is 0. The van der Waals surface area contributed by atoms with Crippen LogP contribution in [0.2, 0.25) is 0 Å². The monoisotopic (exact) mass is 396 g/mol. The molecule has 28 heavy (non-hydrogen) atoms. The smallest absolute Gasteiger partial charge is 0.396 e. The molecule has 0 amide bonds. The van der Waals surface area contributed by atoms with E-state index in [1.165, 1.54) is 5.56 Å². The lowest BCUT2D eigenvalue weighted by Crippen LogP contribution is -2.31. The standard InChI is InChI=1S/C23H25O4P/c1-17-9-11-18(12-10-17)13-21-20(19-7-5-4-6-8-19)14-22(27-21)28(24)25-15-23(2,3)16-26-28/h4-12,14H,13,15-16H2,1-3H3. The summed E-state index contributed by atoms with van der Waals surface area (Å²) in [6.45, 7) is 6.86. The first-order chi connectivity index (χ1) is 13.3. The third kappa shape index (κ3) is 4.00. The van der Waals surface area contributed by atoms with Crippen molar-refractivity contribution < 1.29 is 18.0 Å². The molecule has 0 unspecified atom stereocenters. The van der Waals surface area contributed by atoms with Gasteiger partial charge in [-0.25, -0.2) is 0 Å². The van der Waals surface area contributed by atoms with Gasteiger partial charge in [0.2, 0.25) is 5.50 Å². The maximum absolute atomic E-state index is 13.3. The van der Waals surface area contributed by atoms with Gasteiger partial charge in [-0.15, -0.1) is 0 Å². The molecule has 0 bridgehead atoms. The van der Waals surface area contributed by atoms with Gasteiger partial charge in [-0.2, -0.15) is 0 Å². The van der Waals surface area contributed by atoms with Crippen molar-refractivity contribution in [1.82, 2.24) is 0 Å². The van der Waals surface area contributed by atoms with E-state index in [2.05, 4.69) is 31.2 Å². The number of rotatable bonds is 4. The van der Waals surface area contributed by atoms with Gasteiger partial charge >= 0.3 is 7.60 Å². The minimum atomic E-state index is -3.45. The van der Waals surface area contributed by atoms with Crippen molar-refractivity contribution in [2.75, 3.05) is 13.2 Å². The maximum Gasteiger partial charge on any atom is 0.396 e. The first kappa shape index (κ1) is 19.2. The molecule has 1 fully saturated rings. The molecule has 1 saturated heterocycles. The quantitative estimate of drug-likeness (QED) is 0.528. The van der Waals surface area contributed by atoms with Gasteiger partial charge in [-0.05, 0) is 18.1 Å². The topological polar surface area (TPSA) is 48.7 Å². The van der Waals surface area contributed by atoms with Crippen LogP contribution in [-0.2, 0) is 20.0 Å². The summed E-state index contributed by atoms with van der Waals surface area (Å²) in [5.74, 6) is 0.761. The number of hydrogen-bond donors (Lipinski definition) is 0. The third-order valence-electron chi connectivity index (χ3n) is 4.89. The van der Waals surface area contributed by atoms with E-state index < -0.39 is 7.60 Å². The van der Waals surface area contributed by atoms with Crippen LogP contribution < -0.4 is 5.50 Å². The second-order valence-corrected chi connectivity index (χ2v) is 10.1. The molecule has 0 saturated carbocycles. The van der Waals surface area contributed by atoms with Crippen LogP contribution in [0.4, 0.5) is 0 Å². The molecule has 146 valence electrons. The van der Waals surface area contributed by atoms with Gasteiger partial charge in [-0.1, -0.05) is 74.0 Å². The van der Waals surface area contributed by atoms with E-state index in [4.69, 9.17) is 13.5 Å². The van der Waals surface area contributed by atoms with Crippen molar-refractivity contribution in [3.63, 3.8) is 0 Å². The van der Waals surface area contributed by atoms with E-state index >= 15 is 0 Å². The molecule has 3 aromatic rings. The zero-order chi connectivity index (χ0) is 19.8. The van der Waals surface area contributed by atoms with Gasteiger partial charge in [0.1, 0.15) is 5.76 Å². The van der Waals surface area contributed by atoms with E-state index in [9.17, 15) is 4.57 Å². The molecule has 1 aliphatic heterocycles. The average Bonchev–Trinajstić information content (AvgIpc) is 3.12. The zero-order valence-corrected chi connectivity index (χ0v) is 17.4. The Balaban J connectivity index is 1.72. The average molecular weight is 396 g/mol. The summed E-state index contributed by atoms with van der Waals surface area (Å²) in [5, 5.41) is 0. The molecule has 2 heterocycles. The van der Waals surface area contributed by atoms with Crippen LogP contribution in [0.5, 0.6) is 0 Å². The molecular weight excluding hydrogens is 371 g/mol. The molecule has 0 spiro atoms. The van der Waals surface area contributed by atoms with Crippen molar-refractivity contribution in [2.24, 2.45) is 5.41 Å². The van der Waals surface area contributed by atoms with Crippen molar-refractivity contribution in [1.29, 1.82) is 0 Å². The second kappa shape index (κ2) is 7.36. The molecule has 4 rings (SSSR count). The summed E-state index contributed by atoms with van der Waals surface area (Å²) in [6.07, 6.45) is 0.607. The predicted octanol–water partition coefficient (Wildman–Crippen LogP) is 5.74. The highest BCUT2D eigenvalue weighted by molar-refractivity contribution is 7.61. The van der Waals surface area contributed by atoms with Crippen molar-refractivity contribution in [3.05, 3.63) is 77.6 Å². The van der Waals surface area contributed by atoms with Gasteiger partial charge < -0.3 is 13.5 Å². The summed E-state index contributed by atoms with van der Waals surface area (Å²) in [5.41, 5.74) is 4.40. The Morgan fingerprint density at radius 3 is 2.25 bits per heavy atom. The first-order valence-electron chi connectivity index (χ1n) is 9.48. The van der Waals surface area contributed by atoms with Crippen LogP contribution in [-0.4, -0.2) is 13.2 Å². The Labute approximate surface area is 166 Å². The number of furan rings is 1. The molecule has 0 radical (unpaired) electrons. The molecule has 1 aromatic heterocycles. The highest BCUT2D eigenvalue weighted by Gasteiger charge is 2.41. The van der Waals surface area contributed by atoms with Crippen LogP contribution in [0, 0.1) is 12.3 Å². The van der Waals surface area contributed by atoms with Gasteiger partial charge in [0.15, 0.2) is 0 Å². The minimum absolute atomic E-state index is 0.159. The van der Waals surface area contributed by atoms with E-state index in [1.54, 1.807) is 0 Å². The maximum atomic E-state index is 13.3. The summed E-state index contributed by atoms with van der Waals surface area (Å²) in [6, 6.07) is 20.1. The Kier molecular flexibility index (Phi) is 5.05. The minimum Gasteiger partial charge on any atom is -0.452 e. The lowest BCUT2D eigenvalue weighted by molar-refractivity contribution is 0.0447. The highest BCUT2D eigenvalue weighted by Crippen LogP contribution is 2.53. The van der Waals surface area contributed by atoms with Crippen LogP contribution in [0.3, 0.4) is 0 Å². The lowest BCUT2D eigenvalue weighted by Gasteiger charge is -2.32. The largest absolute Gasteiger partial charge is 0.452 e. The molecule has 2 aromatic carbocycles. The Hall–Kier alpha value is -2.13. The third-order valence-corrected chi connectivity index (χ3v) is 6.58. The molecule has 0 aliphatic carbocycles. The highest BCUT2D eigenvalue weighted by atomic mass is 31.2. The number of hydrogen-bond acceptors (Lipinski definition) is 4. The van der Waals surface area contributed by atoms with Gasteiger partial charge in [0.25, 0.3) is 0 Å². The van der Waals surface area contributed by atoms with Crippen LogP contribution in [0.15, 0.2) is 65.1 Å². The summed E-state index contributed by atoms with van der Waals surface area (Å²) in [7, 11) is -3.45. The van der Waals surface area contributed by atoms with E-state index in [1.807, 2.05) is 50.2 Å². The fourth-order valence-corrected chi connectivity index (χ4v) is 5.04. The number of benzene rings is 2. The Morgan fingerprint density at radius 1 is 0.964 bits per heavy atom. The fraction of sp³-hybridized carbons (Fsp3) is 0.304. The normalized spacial score (nSPS) is 18.1. The SMILES string of the molecule is Cc1ccc(Cc2oc(P3(=O)OCC(C)(C)CO3)cc2-c2ccccc2)cc1. The van der Waals surface area contributed by atoms with Crippen molar-refractivity contribution >= 4 is 13.1 Å². The molecule has 0 atom stereocenters. The molecular formula is C23H25O4P. The molecule has 4 nitrogen and oxygen atoms in total. The predicted molar refractivity (Wildman–Crippen MR) is 111 cm³/mol. The fourth-order valence-electron chi connectivity index (χ4n) is 3.16. The molecule has 0 N–H and O–H groups in total. The van der Waals surface area contributed by atoms with Gasteiger partial charge in [0, 0.05) is 23.5 Å². The lowest BCUT2D eigenvalue weighted by atomic mass is 9.97. The van der Waals surface area contributed by atoms with Crippen LogP contribution in [0.1, 0.15) is 30.7 Å². The Morgan fingerprint density at radius 2 is 1.61 bits per heavy atom. The summed E-state index contributed by atoms with van der Waals surface area (Å²) in [4.78, 5) is 0. The molecule has 1 aliphatic rings. The van der Waals surface area contributed by atoms with E-state index in [0.29, 0.717) is 19.6 Å².